The van der Waals surface area contributed by atoms with Gasteiger partial charge in [-0.05, 0) is 37.3 Å². The summed E-state index contributed by atoms with van der Waals surface area (Å²) in [4.78, 5) is 12.2. The predicted octanol–water partition coefficient (Wildman–Crippen LogP) is 4.12. The van der Waals surface area contributed by atoms with Crippen molar-refractivity contribution in [2.75, 3.05) is 0 Å². The normalized spacial score (nSPS) is 11.9. The van der Waals surface area contributed by atoms with Gasteiger partial charge in [0.2, 0.25) is 5.89 Å². The molecule has 1 heterocycles. The summed E-state index contributed by atoms with van der Waals surface area (Å²) in [6.07, 6.45) is -0.749. The van der Waals surface area contributed by atoms with Crippen LogP contribution in [0.25, 0.3) is 11.5 Å². The molecular weight excluding hydrogens is 376 g/mol. The molecule has 0 amide bonds. The molecular formula is C17H13BrN2O4. The number of carbonyl (C=O) groups excluding carboxylic acids is 1. The Kier molecular flexibility index (Phi) is 4.61. The van der Waals surface area contributed by atoms with Gasteiger partial charge in [-0.25, -0.2) is 4.79 Å². The van der Waals surface area contributed by atoms with E-state index in [0.29, 0.717) is 10.4 Å². The highest BCUT2D eigenvalue weighted by Crippen LogP contribution is 2.26. The summed E-state index contributed by atoms with van der Waals surface area (Å²) >= 11 is 3.25. The van der Waals surface area contributed by atoms with E-state index in [2.05, 4.69) is 26.1 Å². The van der Waals surface area contributed by atoms with Gasteiger partial charge in [0, 0.05) is 10.0 Å². The Balaban J connectivity index is 1.75. The van der Waals surface area contributed by atoms with Gasteiger partial charge in [0.25, 0.3) is 5.89 Å². The fourth-order valence-electron chi connectivity index (χ4n) is 2.04. The topological polar surface area (TPSA) is 85.5 Å². The number of phenols is 1. The maximum absolute atomic E-state index is 12.2. The standard InChI is InChI=1S/C17H13BrN2O4/c1-10(23-17(22)13-9-12(18)7-8-14(13)21)15-19-20-16(24-15)11-5-3-2-4-6-11/h2-10,21H,1H3. The van der Waals surface area contributed by atoms with Gasteiger partial charge in [-0.15, -0.1) is 10.2 Å². The van der Waals surface area contributed by atoms with E-state index in [1.807, 2.05) is 30.3 Å². The lowest BCUT2D eigenvalue weighted by atomic mass is 10.2. The molecule has 0 aliphatic rings. The number of halogens is 1. The first-order chi connectivity index (χ1) is 11.5. The molecule has 24 heavy (non-hydrogen) atoms. The van der Waals surface area contributed by atoms with Crippen LogP contribution in [0.2, 0.25) is 0 Å². The van der Waals surface area contributed by atoms with E-state index in [1.165, 1.54) is 12.1 Å². The minimum Gasteiger partial charge on any atom is -0.507 e. The lowest BCUT2D eigenvalue weighted by Gasteiger charge is -2.10. The first-order valence-corrected chi connectivity index (χ1v) is 7.92. The fourth-order valence-corrected chi connectivity index (χ4v) is 2.40. The van der Waals surface area contributed by atoms with E-state index in [-0.39, 0.29) is 17.2 Å². The SMILES string of the molecule is CC(OC(=O)c1cc(Br)ccc1O)c1nnc(-c2ccccc2)o1. The summed E-state index contributed by atoms with van der Waals surface area (Å²) in [6.45, 7) is 1.62. The highest BCUT2D eigenvalue weighted by atomic mass is 79.9. The number of rotatable bonds is 4. The number of carbonyl (C=O) groups is 1. The highest BCUT2D eigenvalue weighted by Gasteiger charge is 2.21. The molecule has 3 rings (SSSR count). The zero-order chi connectivity index (χ0) is 17.1. The number of aromatic hydroxyl groups is 1. The number of benzene rings is 2. The third kappa shape index (κ3) is 3.46. The molecule has 0 aliphatic heterocycles. The third-order valence-corrected chi connectivity index (χ3v) is 3.76. The summed E-state index contributed by atoms with van der Waals surface area (Å²) < 4.78 is 11.5. The number of ether oxygens (including phenoxy) is 1. The van der Waals surface area contributed by atoms with Crippen molar-refractivity contribution in [3.63, 3.8) is 0 Å². The maximum atomic E-state index is 12.2. The minimum atomic E-state index is -0.749. The second-order valence-electron chi connectivity index (χ2n) is 5.02. The van der Waals surface area contributed by atoms with E-state index < -0.39 is 12.1 Å². The van der Waals surface area contributed by atoms with Gasteiger partial charge in [0.05, 0.1) is 0 Å². The third-order valence-electron chi connectivity index (χ3n) is 3.27. The Labute approximate surface area is 146 Å². The number of nitrogens with zero attached hydrogens (tertiary/aromatic N) is 2. The quantitative estimate of drug-likeness (QED) is 0.676. The summed E-state index contributed by atoms with van der Waals surface area (Å²) in [5.41, 5.74) is 0.832. The Bertz CT molecular complexity index is 864. The second kappa shape index (κ2) is 6.84. The van der Waals surface area contributed by atoms with Crippen molar-refractivity contribution >= 4 is 21.9 Å². The van der Waals surface area contributed by atoms with Crippen molar-refractivity contribution in [1.82, 2.24) is 10.2 Å². The molecule has 0 radical (unpaired) electrons. The number of phenolic OH excluding ortho intramolecular Hbond substituents is 1. The van der Waals surface area contributed by atoms with Crippen LogP contribution in [-0.2, 0) is 4.74 Å². The van der Waals surface area contributed by atoms with Crippen molar-refractivity contribution in [2.45, 2.75) is 13.0 Å². The first kappa shape index (κ1) is 16.2. The molecule has 6 nitrogen and oxygen atoms in total. The molecule has 0 fully saturated rings. The van der Waals surface area contributed by atoms with Crippen molar-refractivity contribution in [3.8, 4) is 17.2 Å². The summed E-state index contributed by atoms with van der Waals surface area (Å²) in [7, 11) is 0. The van der Waals surface area contributed by atoms with Gasteiger partial charge < -0.3 is 14.3 Å². The van der Waals surface area contributed by atoms with E-state index in [0.717, 1.165) is 5.56 Å². The van der Waals surface area contributed by atoms with Crippen molar-refractivity contribution in [1.29, 1.82) is 0 Å². The second-order valence-corrected chi connectivity index (χ2v) is 5.94. The number of hydrogen-bond acceptors (Lipinski definition) is 6. The monoisotopic (exact) mass is 388 g/mol. The largest absolute Gasteiger partial charge is 0.507 e. The molecule has 0 saturated carbocycles. The Morgan fingerprint density at radius 2 is 1.96 bits per heavy atom. The van der Waals surface area contributed by atoms with Crippen LogP contribution in [0.1, 0.15) is 29.3 Å². The summed E-state index contributed by atoms with van der Waals surface area (Å²) in [5, 5.41) is 17.6. The number of hydrogen-bond donors (Lipinski definition) is 1. The molecule has 7 heteroatoms. The van der Waals surface area contributed by atoms with Gasteiger partial charge in [0.1, 0.15) is 11.3 Å². The Morgan fingerprint density at radius 1 is 1.21 bits per heavy atom. The lowest BCUT2D eigenvalue weighted by molar-refractivity contribution is 0.0276. The van der Waals surface area contributed by atoms with Crippen LogP contribution in [0.4, 0.5) is 0 Å². The fraction of sp³-hybridized carbons (Fsp3) is 0.118. The van der Waals surface area contributed by atoms with Crippen LogP contribution < -0.4 is 0 Å². The minimum absolute atomic E-state index is 0.0547. The van der Waals surface area contributed by atoms with Crippen molar-refractivity contribution < 1.29 is 19.1 Å². The number of aromatic nitrogens is 2. The van der Waals surface area contributed by atoms with Gasteiger partial charge >= 0.3 is 5.97 Å². The van der Waals surface area contributed by atoms with Gasteiger partial charge in [-0.3, -0.25) is 0 Å². The molecule has 2 aromatic carbocycles. The molecule has 0 spiro atoms. The maximum Gasteiger partial charge on any atom is 0.342 e. The zero-order valence-electron chi connectivity index (χ0n) is 12.6. The molecule has 1 N–H and O–H groups in total. The molecule has 0 bridgehead atoms. The van der Waals surface area contributed by atoms with E-state index >= 15 is 0 Å². The molecule has 3 aromatic rings. The molecule has 122 valence electrons. The Hall–Kier alpha value is -2.67. The van der Waals surface area contributed by atoms with Gasteiger partial charge in [0.15, 0.2) is 6.10 Å². The van der Waals surface area contributed by atoms with Crippen LogP contribution in [0, 0.1) is 0 Å². The van der Waals surface area contributed by atoms with Crippen LogP contribution in [-0.4, -0.2) is 21.3 Å². The smallest absolute Gasteiger partial charge is 0.342 e. The van der Waals surface area contributed by atoms with E-state index in [4.69, 9.17) is 9.15 Å². The lowest BCUT2D eigenvalue weighted by Crippen LogP contribution is -2.10. The van der Waals surface area contributed by atoms with Crippen molar-refractivity contribution in [3.05, 3.63) is 64.5 Å². The highest BCUT2D eigenvalue weighted by molar-refractivity contribution is 9.10. The Morgan fingerprint density at radius 3 is 2.71 bits per heavy atom. The van der Waals surface area contributed by atoms with Crippen LogP contribution in [0.5, 0.6) is 5.75 Å². The average molecular weight is 389 g/mol. The first-order valence-electron chi connectivity index (χ1n) is 7.13. The molecule has 1 atom stereocenters. The van der Waals surface area contributed by atoms with Gasteiger partial charge in [-0.1, -0.05) is 34.1 Å². The van der Waals surface area contributed by atoms with Crippen LogP contribution >= 0.6 is 15.9 Å². The molecule has 0 aliphatic carbocycles. The van der Waals surface area contributed by atoms with Crippen molar-refractivity contribution in [2.24, 2.45) is 0 Å². The van der Waals surface area contributed by atoms with E-state index in [1.54, 1.807) is 13.0 Å². The predicted molar refractivity (Wildman–Crippen MR) is 89.4 cm³/mol. The average Bonchev–Trinajstić information content (AvgIpc) is 3.08. The molecule has 0 saturated heterocycles. The van der Waals surface area contributed by atoms with Crippen LogP contribution in [0.3, 0.4) is 0 Å². The molecule has 1 unspecified atom stereocenters. The zero-order valence-corrected chi connectivity index (χ0v) is 14.2. The van der Waals surface area contributed by atoms with E-state index in [9.17, 15) is 9.90 Å². The summed E-state index contributed by atoms with van der Waals surface area (Å²) in [5.74, 6) is -0.317. The number of esters is 1. The molecule has 1 aromatic heterocycles. The summed E-state index contributed by atoms with van der Waals surface area (Å²) in [6, 6.07) is 13.8. The van der Waals surface area contributed by atoms with Gasteiger partial charge in [-0.2, -0.15) is 0 Å². The van der Waals surface area contributed by atoms with Crippen LogP contribution in [0.15, 0.2) is 57.4 Å².